The van der Waals surface area contributed by atoms with Crippen LogP contribution in [0.3, 0.4) is 0 Å². The smallest absolute Gasteiger partial charge is 0.171 e. The summed E-state index contributed by atoms with van der Waals surface area (Å²) in [5, 5.41) is 0. The molecule has 3 rings (SSSR count). The van der Waals surface area contributed by atoms with Crippen molar-refractivity contribution in [3.8, 4) is 0 Å². The molecule has 80 valence electrons. The predicted octanol–water partition coefficient (Wildman–Crippen LogP) is 2.65. The standard InChI is InChI=1S/C14H12O2/c15-13-9-5-1-2-6-10(9)14(16)12-8-4-3-7-11(12)13/h1-3,5-7,11-12H,4,8H2/t11-,12?/m0/s1. The van der Waals surface area contributed by atoms with Crippen LogP contribution in [0.5, 0.6) is 0 Å². The van der Waals surface area contributed by atoms with E-state index in [1.165, 1.54) is 0 Å². The summed E-state index contributed by atoms with van der Waals surface area (Å²) in [5.41, 5.74) is 1.21. The summed E-state index contributed by atoms with van der Waals surface area (Å²) in [6.45, 7) is 0. The fourth-order valence-corrected chi connectivity index (χ4v) is 2.69. The molecule has 2 heteroatoms. The van der Waals surface area contributed by atoms with Crippen molar-refractivity contribution < 1.29 is 9.59 Å². The maximum atomic E-state index is 12.2. The molecule has 0 aromatic heterocycles. The number of rotatable bonds is 0. The van der Waals surface area contributed by atoms with Crippen molar-refractivity contribution in [1.29, 1.82) is 0 Å². The van der Waals surface area contributed by atoms with E-state index in [1.807, 2.05) is 24.3 Å². The number of Topliss-reactive ketones (excluding diaryl/α,β-unsaturated/α-hetero) is 2. The molecule has 1 aromatic rings. The first kappa shape index (κ1) is 9.52. The molecule has 2 aliphatic rings. The van der Waals surface area contributed by atoms with E-state index in [0.717, 1.165) is 12.8 Å². The molecular weight excluding hydrogens is 200 g/mol. The van der Waals surface area contributed by atoms with Gasteiger partial charge in [0.2, 0.25) is 0 Å². The van der Waals surface area contributed by atoms with Gasteiger partial charge >= 0.3 is 0 Å². The maximum Gasteiger partial charge on any atom is 0.171 e. The van der Waals surface area contributed by atoms with Gasteiger partial charge in [-0.3, -0.25) is 9.59 Å². The van der Waals surface area contributed by atoms with Gasteiger partial charge in [0, 0.05) is 17.0 Å². The Morgan fingerprint density at radius 3 is 2.44 bits per heavy atom. The van der Waals surface area contributed by atoms with E-state index >= 15 is 0 Å². The summed E-state index contributed by atoms with van der Waals surface area (Å²) >= 11 is 0. The molecule has 16 heavy (non-hydrogen) atoms. The third-order valence-electron chi connectivity index (χ3n) is 3.52. The highest BCUT2D eigenvalue weighted by Gasteiger charge is 2.40. The fraction of sp³-hybridized carbons (Fsp3) is 0.286. The van der Waals surface area contributed by atoms with Crippen molar-refractivity contribution in [2.24, 2.45) is 11.8 Å². The molecule has 0 N–H and O–H groups in total. The van der Waals surface area contributed by atoms with Crippen molar-refractivity contribution in [3.63, 3.8) is 0 Å². The minimum absolute atomic E-state index is 0.108. The molecule has 0 saturated heterocycles. The Bertz CT molecular complexity index is 499. The van der Waals surface area contributed by atoms with Crippen LogP contribution in [-0.4, -0.2) is 11.6 Å². The first-order chi connectivity index (χ1) is 7.79. The van der Waals surface area contributed by atoms with E-state index in [-0.39, 0.29) is 23.4 Å². The molecule has 0 amide bonds. The Labute approximate surface area is 94.0 Å². The molecule has 0 spiro atoms. The molecule has 1 unspecified atom stereocenters. The quantitative estimate of drug-likeness (QED) is 0.619. The van der Waals surface area contributed by atoms with Crippen LogP contribution < -0.4 is 0 Å². The van der Waals surface area contributed by atoms with Crippen molar-refractivity contribution in [2.75, 3.05) is 0 Å². The molecule has 2 nitrogen and oxygen atoms in total. The minimum Gasteiger partial charge on any atom is -0.294 e. The van der Waals surface area contributed by atoms with E-state index in [1.54, 1.807) is 12.1 Å². The number of hydrogen-bond donors (Lipinski definition) is 0. The van der Waals surface area contributed by atoms with Gasteiger partial charge in [-0.1, -0.05) is 36.4 Å². The Morgan fingerprint density at radius 1 is 1.00 bits per heavy atom. The first-order valence-corrected chi connectivity index (χ1v) is 5.63. The lowest BCUT2D eigenvalue weighted by Gasteiger charge is -2.30. The normalized spacial score (nSPS) is 27.5. The van der Waals surface area contributed by atoms with Crippen LogP contribution in [0.1, 0.15) is 33.6 Å². The van der Waals surface area contributed by atoms with Crippen LogP contribution in [0.25, 0.3) is 0 Å². The topological polar surface area (TPSA) is 34.1 Å². The largest absolute Gasteiger partial charge is 0.294 e. The molecule has 0 saturated carbocycles. The van der Waals surface area contributed by atoms with Crippen LogP contribution in [0.15, 0.2) is 36.4 Å². The van der Waals surface area contributed by atoms with Gasteiger partial charge in [0.25, 0.3) is 0 Å². The minimum atomic E-state index is -0.212. The Balaban J connectivity index is 2.18. The molecule has 2 aliphatic carbocycles. The number of carbonyl (C=O) groups excluding carboxylic acids is 2. The fourth-order valence-electron chi connectivity index (χ4n) is 2.69. The zero-order chi connectivity index (χ0) is 11.1. The molecule has 1 aromatic carbocycles. The van der Waals surface area contributed by atoms with Gasteiger partial charge in [0.1, 0.15) is 0 Å². The molecule has 0 heterocycles. The van der Waals surface area contributed by atoms with E-state index in [9.17, 15) is 9.59 Å². The van der Waals surface area contributed by atoms with Gasteiger partial charge < -0.3 is 0 Å². The molecule has 0 radical (unpaired) electrons. The highest BCUT2D eigenvalue weighted by Crippen LogP contribution is 2.36. The number of hydrogen-bond acceptors (Lipinski definition) is 2. The molecule has 2 atom stereocenters. The molecule has 0 aliphatic heterocycles. The first-order valence-electron chi connectivity index (χ1n) is 5.63. The third-order valence-corrected chi connectivity index (χ3v) is 3.52. The van der Waals surface area contributed by atoms with Crippen LogP contribution >= 0.6 is 0 Å². The number of fused-ring (bicyclic) bond motifs is 2. The number of carbonyl (C=O) groups is 2. The highest BCUT2D eigenvalue weighted by atomic mass is 16.1. The van der Waals surface area contributed by atoms with Crippen LogP contribution in [-0.2, 0) is 0 Å². The van der Waals surface area contributed by atoms with E-state index < -0.39 is 0 Å². The highest BCUT2D eigenvalue weighted by molar-refractivity contribution is 6.16. The lowest BCUT2D eigenvalue weighted by Crippen LogP contribution is -2.36. The SMILES string of the molecule is O=C1c2ccccc2C(=O)[C@H]2C=CCCC12. The Morgan fingerprint density at radius 2 is 1.69 bits per heavy atom. The van der Waals surface area contributed by atoms with Crippen LogP contribution in [0.4, 0.5) is 0 Å². The van der Waals surface area contributed by atoms with Crippen LogP contribution in [0.2, 0.25) is 0 Å². The third kappa shape index (κ3) is 1.19. The number of allylic oxidation sites excluding steroid dienone is 2. The average Bonchev–Trinajstić information content (AvgIpc) is 2.36. The molecule has 0 bridgehead atoms. The van der Waals surface area contributed by atoms with Crippen molar-refractivity contribution >= 4 is 11.6 Å². The monoisotopic (exact) mass is 212 g/mol. The van der Waals surface area contributed by atoms with Gasteiger partial charge in [0.15, 0.2) is 11.6 Å². The summed E-state index contributed by atoms with van der Waals surface area (Å²) < 4.78 is 0. The van der Waals surface area contributed by atoms with Gasteiger partial charge in [-0.15, -0.1) is 0 Å². The van der Waals surface area contributed by atoms with Gasteiger partial charge in [-0.05, 0) is 12.8 Å². The summed E-state index contributed by atoms with van der Waals surface area (Å²) in [6.07, 6.45) is 5.63. The summed E-state index contributed by atoms with van der Waals surface area (Å²) in [4.78, 5) is 24.4. The maximum absolute atomic E-state index is 12.2. The van der Waals surface area contributed by atoms with E-state index in [0.29, 0.717) is 11.1 Å². The molecule has 0 fully saturated rings. The van der Waals surface area contributed by atoms with Crippen molar-refractivity contribution in [2.45, 2.75) is 12.8 Å². The van der Waals surface area contributed by atoms with E-state index in [2.05, 4.69) is 0 Å². The van der Waals surface area contributed by atoms with Gasteiger partial charge in [-0.25, -0.2) is 0 Å². The summed E-state index contributed by atoms with van der Waals surface area (Å²) in [7, 11) is 0. The van der Waals surface area contributed by atoms with Crippen molar-refractivity contribution in [1.82, 2.24) is 0 Å². The summed E-state index contributed by atoms with van der Waals surface area (Å²) in [6, 6.07) is 7.16. The van der Waals surface area contributed by atoms with Gasteiger partial charge in [0.05, 0.1) is 5.92 Å². The number of ketones is 2. The van der Waals surface area contributed by atoms with Crippen molar-refractivity contribution in [3.05, 3.63) is 47.5 Å². The van der Waals surface area contributed by atoms with Crippen LogP contribution in [0, 0.1) is 11.8 Å². The number of benzene rings is 1. The molecular formula is C14H12O2. The zero-order valence-electron chi connectivity index (χ0n) is 8.85. The Kier molecular flexibility index (Phi) is 2.03. The second-order valence-electron chi connectivity index (χ2n) is 4.41. The zero-order valence-corrected chi connectivity index (χ0v) is 8.85. The van der Waals surface area contributed by atoms with Gasteiger partial charge in [-0.2, -0.15) is 0 Å². The second-order valence-corrected chi connectivity index (χ2v) is 4.41. The Hall–Kier alpha value is -1.70. The summed E-state index contributed by atoms with van der Waals surface area (Å²) in [5.74, 6) is -0.0794. The lowest BCUT2D eigenvalue weighted by atomic mass is 9.70. The average molecular weight is 212 g/mol. The van der Waals surface area contributed by atoms with E-state index in [4.69, 9.17) is 0 Å². The predicted molar refractivity (Wildman–Crippen MR) is 60.5 cm³/mol. The lowest BCUT2D eigenvalue weighted by molar-refractivity contribution is 0.0756. The second kappa shape index (κ2) is 3.41.